The highest BCUT2D eigenvalue weighted by Crippen LogP contribution is 2.23. The van der Waals surface area contributed by atoms with E-state index >= 15 is 0 Å². The summed E-state index contributed by atoms with van der Waals surface area (Å²) in [4.78, 5) is 16.4. The molecule has 0 radical (unpaired) electrons. The number of carbonyl (C=O) groups excluding carboxylic acids is 1. The van der Waals surface area contributed by atoms with Crippen molar-refractivity contribution in [1.82, 2.24) is 14.8 Å². The Balaban J connectivity index is 1.38. The standard InChI is InChI=1S/C21H16N4OS/c26-20(24-18-9-7-17(8-10-18)21-22-12-13-27-21)11-6-16-14-23-25(15-16)19-4-2-1-3-5-19/h1-15H,(H,24,26). The number of benzene rings is 2. The van der Waals surface area contributed by atoms with Gasteiger partial charge in [0.2, 0.25) is 5.91 Å². The van der Waals surface area contributed by atoms with Gasteiger partial charge in [-0.3, -0.25) is 4.79 Å². The molecule has 0 spiro atoms. The summed E-state index contributed by atoms with van der Waals surface area (Å²) in [5.41, 5.74) is 3.60. The van der Waals surface area contributed by atoms with Gasteiger partial charge in [-0.2, -0.15) is 5.10 Å². The summed E-state index contributed by atoms with van der Waals surface area (Å²) >= 11 is 1.58. The van der Waals surface area contributed by atoms with Gasteiger partial charge >= 0.3 is 0 Å². The molecule has 1 N–H and O–H groups in total. The van der Waals surface area contributed by atoms with Crippen LogP contribution >= 0.6 is 11.3 Å². The van der Waals surface area contributed by atoms with E-state index in [0.717, 1.165) is 27.5 Å². The molecular formula is C21H16N4OS. The summed E-state index contributed by atoms with van der Waals surface area (Å²) in [6.45, 7) is 0. The van der Waals surface area contributed by atoms with Crippen molar-refractivity contribution in [3.05, 3.63) is 90.2 Å². The lowest BCUT2D eigenvalue weighted by molar-refractivity contribution is -0.111. The molecule has 0 bridgehead atoms. The van der Waals surface area contributed by atoms with Gasteiger partial charge in [0.15, 0.2) is 0 Å². The SMILES string of the molecule is O=C(C=Cc1cnn(-c2ccccc2)c1)Nc1ccc(-c2nccs2)cc1. The average Bonchev–Trinajstić information content (AvgIpc) is 3.40. The van der Waals surface area contributed by atoms with Crippen molar-refractivity contribution in [1.29, 1.82) is 0 Å². The summed E-state index contributed by atoms with van der Waals surface area (Å²) in [6.07, 6.45) is 8.62. The summed E-state index contributed by atoms with van der Waals surface area (Å²) in [7, 11) is 0. The molecule has 4 aromatic rings. The van der Waals surface area contributed by atoms with Gasteiger partial charge in [0, 0.05) is 40.7 Å². The van der Waals surface area contributed by atoms with Crippen molar-refractivity contribution in [2.45, 2.75) is 0 Å². The Morgan fingerprint density at radius 1 is 1.07 bits per heavy atom. The van der Waals surface area contributed by atoms with Crippen LogP contribution in [0.25, 0.3) is 22.3 Å². The minimum atomic E-state index is -0.190. The highest BCUT2D eigenvalue weighted by atomic mass is 32.1. The zero-order valence-electron chi connectivity index (χ0n) is 14.3. The second-order valence-electron chi connectivity index (χ2n) is 5.79. The van der Waals surface area contributed by atoms with E-state index in [1.807, 2.05) is 66.2 Å². The van der Waals surface area contributed by atoms with Crippen molar-refractivity contribution >= 4 is 29.0 Å². The van der Waals surface area contributed by atoms with Gasteiger partial charge in [0.1, 0.15) is 5.01 Å². The van der Waals surface area contributed by atoms with Crippen LogP contribution in [0, 0.1) is 0 Å². The second-order valence-corrected chi connectivity index (χ2v) is 6.69. The maximum Gasteiger partial charge on any atom is 0.248 e. The average molecular weight is 372 g/mol. The molecular weight excluding hydrogens is 356 g/mol. The summed E-state index contributed by atoms with van der Waals surface area (Å²) < 4.78 is 1.77. The first-order chi connectivity index (χ1) is 13.3. The van der Waals surface area contributed by atoms with E-state index < -0.39 is 0 Å². The van der Waals surface area contributed by atoms with Crippen LogP contribution in [0.2, 0.25) is 0 Å². The van der Waals surface area contributed by atoms with Gasteiger partial charge in [-0.15, -0.1) is 11.3 Å². The first-order valence-corrected chi connectivity index (χ1v) is 9.25. The van der Waals surface area contributed by atoms with E-state index in [1.54, 1.807) is 34.5 Å². The molecule has 0 saturated carbocycles. The Hall–Kier alpha value is -3.51. The summed E-state index contributed by atoms with van der Waals surface area (Å²) in [5, 5.41) is 10.1. The molecule has 0 aliphatic rings. The Bertz CT molecular complexity index is 1050. The van der Waals surface area contributed by atoms with Gasteiger partial charge in [-0.25, -0.2) is 9.67 Å². The molecule has 4 rings (SSSR count). The third-order valence-corrected chi connectivity index (χ3v) is 4.70. The normalized spacial score (nSPS) is 11.0. The van der Waals surface area contributed by atoms with Gasteiger partial charge in [-0.05, 0) is 42.5 Å². The minimum Gasteiger partial charge on any atom is -0.323 e. The maximum atomic E-state index is 12.1. The van der Waals surface area contributed by atoms with E-state index in [2.05, 4.69) is 15.4 Å². The second kappa shape index (κ2) is 7.80. The molecule has 0 unspecified atom stereocenters. The Kier molecular flexibility index (Phi) is 4.89. The Morgan fingerprint density at radius 2 is 1.89 bits per heavy atom. The lowest BCUT2D eigenvalue weighted by Gasteiger charge is -2.03. The smallest absolute Gasteiger partial charge is 0.248 e. The summed E-state index contributed by atoms with van der Waals surface area (Å²) in [6, 6.07) is 17.5. The largest absolute Gasteiger partial charge is 0.323 e. The minimum absolute atomic E-state index is 0.190. The number of anilines is 1. The molecule has 6 heteroatoms. The van der Waals surface area contributed by atoms with Crippen LogP contribution in [0.3, 0.4) is 0 Å². The predicted octanol–water partition coefficient (Wildman–Crippen LogP) is 4.65. The number of nitrogens with one attached hydrogen (secondary N) is 1. The third-order valence-electron chi connectivity index (χ3n) is 3.88. The van der Waals surface area contributed by atoms with Crippen LogP contribution in [-0.4, -0.2) is 20.7 Å². The molecule has 0 fully saturated rings. The Morgan fingerprint density at radius 3 is 2.63 bits per heavy atom. The van der Waals surface area contributed by atoms with Crippen molar-refractivity contribution in [3.63, 3.8) is 0 Å². The number of hydrogen-bond donors (Lipinski definition) is 1. The van der Waals surface area contributed by atoms with Crippen molar-refractivity contribution in [2.75, 3.05) is 5.32 Å². The lowest BCUT2D eigenvalue weighted by atomic mass is 10.2. The first kappa shape index (κ1) is 16.9. The number of aromatic nitrogens is 3. The number of para-hydroxylation sites is 1. The van der Waals surface area contributed by atoms with E-state index in [4.69, 9.17) is 0 Å². The molecule has 1 amide bonds. The van der Waals surface area contributed by atoms with E-state index in [-0.39, 0.29) is 5.91 Å². The molecule has 2 heterocycles. The molecule has 5 nitrogen and oxygen atoms in total. The molecule has 2 aromatic heterocycles. The zero-order valence-corrected chi connectivity index (χ0v) is 15.1. The van der Waals surface area contributed by atoms with Crippen molar-refractivity contribution < 1.29 is 4.79 Å². The van der Waals surface area contributed by atoms with Gasteiger partial charge < -0.3 is 5.32 Å². The molecule has 27 heavy (non-hydrogen) atoms. The van der Waals surface area contributed by atoms with Crippen LogP contribution in [0.5, 0.6) is 0 Å². The van der Waals surface area contributed by atoms with Gasteiger partial charge in [-0.1, -0.05) is 18.2 Å². The van der Waals surface area contributed by atoms with Crippen LogP contribution in [-0.2, 0) is 4.79 Å². The zero-order chi connectivity index (χ0) is 18.5. The highest BCUT2D eigenvalue weighted by Gasteiger charge is 2.03. The van der Waals surface area contributed by atoms with Crippen LogP contribution in [0.1, 0.15) is 5.56 Å². The lowest BCUT2D eigenvalue weighted by Crippen LogP contribution is -2.07. The number of hydrogen-bond acceptors (Lipinski definition) is 4. The number of carbonyl (C=O) groups is 1. The van der Waals surface area contributed by atoms with E-state index in [9.17, 15) is 4.79 Å². The summed E-state index contributed by atoms with van der Waals surface area (Å²) in [5.74, 6) is -0.190. The predicted molar refractivity (Wildman–Crippen MR) is 109 cm³/mol. The van der Waals surface area contributed by atoms with Gasteiger partial charge in [0.05, 0.1) is 11.9 Å². The fraction of sp³-hybridized carbons (Fsp3) is 0. The van der Waals surface area contributed by atoms with Crippen LogP contribution in [0.4, 0.5) is 5.69 Å². The van der Waals surface area contributed by atoms with E-state index in [1.165, 1.54) is 6.08 Å². The molecule has 2 aromatic carbocycles. The molecule has 0 atom stereocenters. The van der Waals surface area contributed by atoms with Crippen LogP contribution in [0.15, 0.2) is 84.6 Å². The molecule has 132 valence electrons. The maximum absolute atomic E-state index is 12.1. The molecule has 0 aliphatic heterocycles. The highest BCUT2D eigenvalue weighted by molar-refractivity contribution is 7.13. The number of thiazole rings is 1. The van der Waals surface area contributed by atoms with E-state index in [0.29, 0.717) is 0 Å². The molecule has 0 aliphatic carbocycles. The number of nitrogens with zero attached hydrogens (tertiary/aromatic N) is 3. The fourth-order valence-electron chi connectivity index (χ4n) is 2.56. The van der Waals surface area contributed by atoms with Crippen molar-refractivity contribution in [3.8, 4) is 16.3 Å². The first-order valence-electron chi connectivity index (χ1n) is 8.37. The van der Waals surface area contributed by atoms with Crippen LogP contribution < -0.4 is 5.32 Å². The van der Waals surface area contributed by atoms with Crippen molar-refractivity contribution in [2.24, 2.45) is 0 Å². The number of rotatable bonds is 5. The topological polar surface area (TPSA) is 59.8 Å². The van der Waals surface area contributed by atoms with Gasteiger partial charge in [0.25, 0.3) is 0 Å². The number of amides is 1. The Labute approximate surface area is 160 Å². The third kappa shape index (κ3) is 4.19. The fourth-order valence-corrected chi connectivity index (χ4v) is 3.21. The quantitative estimate of drug-likeness (QED) is 0.519. The monoisotopic (exact) mass is 372 g/mol. The molecule has 0 saturated heterocycles.